The maximum absolute atomic E-state index is 13.5. The van der Waals surface area contributed by atoms with Crippen molar-refractivity contribution in [2.24, 2.45) is 0 Å². The Hall–Kier alpha value is -1.37. The third kappa shape index (κ3) is 2.90. The summed E-state index contributed by atoms with van der Waals surface area (Å²) in [5.74, 6) is -1.94. The fraction of sp³-hybridized carbons (Fsp3) is 0. The number of rotatable bonds is 3. The molecule has 2 rings (SSSR count). The molecule has 2 aromatic rings. The van der Waals surface area contributed by atoms with Gasteiger partial charge in [-0.15, -0.1) is 0 Å². The fourth-order valence-electron chi connectivity index (χ4n) is 1.49. The average Bonchev–Trinajstić information content (AvgIpc) is 2.28. The maximum atomic E-state index is 13.5. The summed E-state index contributed by atoms with van der Waals surface area (Å²) in [6.07, 6.45) is 0. The van der Waals surface area contributed by atoms with Crippen molar-refractivity contribution in [3.05, 3.63) is 54.1 Å². The molecule has 92 valence electrons. The van der Waals surface area contributed by atoms with Gasteiger partial charge in [0.05, 0.1) is 5.46 Å². The molecule has 0 saturated carbocycles. The van der Waals surface area contributed by atoms with Crippen LogP contribution in [0.5, 0.6) is 0 Å². The molecule has 0 heterocycles. The Morgan fingerprint density at radius 3 is 1.94 bits per heavy atom. The second kappa shape index (κ2) is 5.52. The van der Waals surface area contributed by atoms with E-state index in [1.807, 2.05) is 30.3 Å². The SMILES string of the molecule is OB(O)c1c(F)cc(Sc2ccccc2)cc1F. The van der Waals surface area contributed by atoms with Gasteiger partial charge in [-0.05, 0) is 24.3 Å². The van der Waals surface area contributed by atoms with E-state index in [4.69, 9.17) is 10.0 Å². The maximum Gasteiger partial charge on any atom is 0.494 e. The molecule has 0 aliphatic heterocycles. The molecule has 0 aliphatic rings. The Labute approximate surface area is 107 Å². The molecule has 0 fully saturated rings. The van der Waals surface area contributed by atoms with Crippen molar-refractivity contribution in [1.29, 1.82) is 0 Å². The van der Waals surface area contributed by atoms with Crippen molar-refractivity contribution in [1.82, 2.24) is 0 Å². The minimum atomic E-state index is -2.15. The van der Waals surface area contributed by atoms with Gasteiger partial charge >= 0.3 is 7.12 Å². The molecule has 0 spiro atoms. The standard InChI is InChI=1S/C12H9BF2O2S/c14-10-6-9(7-11(15)12(10)13(16)17)18-8-4-2-1-3-5-8/h1-7,16-17H. The molecule has 0 atom stereocenters. The summed E-state index contributed by atoms with van der Waals surface area (Å²) >= 11 is 1.19. The molecule has 0 saturated heterocycles. The van der Waals surface area contributed by atoms with Gasteiger partial charge in [0.1, 0.15) is 11.6 Å². The number of hydrogen-bond donors (Lipinski definition) is 2. The van der Waals surface area contributed by atoms with Gasteiger partial charge in [-0.3, -0.25) is 0 Å². The van der Waals surface area contributed by atoms with Crippen LogP contribution >= 0.6 is 11.8 Å². The third-order valence-corrected chi connectivity index (χ3v) is 3.27. The van der Waals surface area contributed by atoms with Gasteiger partial charge < -0.3 is 10.0 Å². The van der Waals surface area contributed by atoms with E-state index < -0.39 is 24.2 Å². The number of halogens is 2. The second-order valence-corrected chi connectivity index (χ2v) is 4.74. The highest BCUT2D eigenvalue weighted by Crippen LogP contribution is 2.27. The lowest BCUT2D eigenvalue weighted by atomic mass is 9.79. The van der Waals surface area contributed by atoms with E-state index in [2.05, 4.69) is 0 Å². The lowest BCUT2D eigenvalue weighted by molar-refractivity contribution is 0.419. The zero-order valence-electron chi connectivity index (χ0n) is 9.18. The van der Waals surface area contributed by atoms with Gasteiger partial charge in [0.2, 0.25) is 0 Å². The highest BCUT2D eigenvalue weighted by Gasteiger charge is 2.22. The van der Waals surface area contributed by atoms with Crippen LogP contribution in [-0.4, -0.2) is 17.2 Å². The van der Waals surface area contributed by atoms with E-state index in [0.29, 0.717) is 4.90 Å². The predicted octanol–water partition coefficient (Wildman–Crippen LogP) is 1.80. The molecular weight excluding hydrogens is 257 g/mol. The van der Waals surface area contributed by atoms with E-state index in [9.17, 15) is 8.78 Å². The van der Waals surface area contributed by atoms with Crippen LogP contribution in [0.2, 0.25) is 0 Å². The van der Waals surface area contributed by atoms with Crippen LogP contribution in [0.4, 0.5) is 8.78 Å². The highest BCUT2D eigenvalue weighted by molar-refractivity contribution is 7.99. The molecule has 0 bridgehead atoms. The summed E-state index contributed by atoms with van der Waals surface area (Å²) in [5.41, 5.74) is -0.729. The Bertz CT molecular complexity index is 526. The van der Waals surface area contributed by atoms with Gasteiger partial charge in [-0.25, -0.2) is 8.78 Å². The Balaban J connectivity index is 2.31. The van der Waals surface area contributed by atoms with E-state index >= 15 is 0 Å². The zero-order valence-corrected chi connectivity index (χ0v) is 9.99. The summed E-state index contributed by atoms with van der Waals surface area (Å²) in [5, 5.41) is 17.7. The first kappa shape index (κ1) is 13.1. The first-order valence-electron chi connectivity index (χ1n) is 5.16. The van der Waals surface area contributed by atoms with Crippen LogP contribution in [0.25, 0.3) is 0 Å². The van der Waals surface area contributed by atoms with Crippen LogP contribution in [0.3, 0.4) is 0 Å². The van der Waals surface area contributed by atoms with E-state index in [-0.39, 0.29) is 0 Å². The van der Waals surface area contributed by atoms with Crippen molar-refractivity contribution in [3.63, 3.8) is 0 Å². The van der Waals surface area contributed by atoms with E-state index in [0.717, 1.165) is 17.0 Å². The minimum Gasteiger partial charge on any atom is -0.423 e. The summed E-state index contributed by atoms with van der Waals surface area (Å²) < 4.78 is 27.0. The van der Waals surface area contributed by atoms with Crippen LogP contribution in [0, 0.1) is 11.6 Å². The molecule has 0 aliphatic carbocycles. The topological polar surface area (TPSA) is 40.5 Å². The molecule has 0 radical (unpaired) electrons. The molecule has 6 heteroatoms. The predicted molar refractivity (Wildman–Crippen MR) is 66.7 cm³/mol. The summed E-state index contributed by atoms with van der Waals surface area (Å²) in [6.45, 7) is 0. The Morgan fingerprint density at radius 2 is 1.44 bits per heavy atom. The van der Waals surface area contributed by atoms with Gasteiger partial charge in [-0.2, -0.15) is 0 Å². The molecule has 18 heavy (non-hydrogen) atoms. The summed E-state index contributed by atoms with van der Waals surface area (Å²) in [6, 6.07) is 11.3. The monoisotopic (exact) mass is 266 g/mol. The molecule has 2 N–H and O–H groups in total. The molecule has 2 aromatic carbocycles. The normalized spacial score (nSPS) is 10.4. The van der Waals surface area contributed by atoms with Crippen LogP contribution < -0.4 is 5.46 Å². The van der Waals surface area contributed by atoms with Crippen LogP contribution in [-0.2, 0) is 0 Å². The largest absolute Gasteiger partial charge is 0.494 e. The van der Waals surface area contributed by atoms with Gasteiger partial charge in [0.25, 0.3) is 0 Å². The van der Waals surface area contributed by atoms with E-state index in [1.165, 1.54) is 11.8 Å². The third-order valence-electron chi connectivity index (χ3n) is 2.29. The van der Waals surface area contributed by atoms with Crippen molar-refractivity contribution in [2.75, 3.05) is 0 Å². The van der Waals surface area contributed by atoms with Crippen molar-refractivity contribution >= 4 is 24.3 Å². The van der Waals surface area contributed by atoms with Crippen LogP contribution in [0.15, 0.2) is 52.3 Å². The summed E-state index contributed by atoms with van der Waals surface area (Å²) in [7, 11) is -2.15. The average molecular weight is 266 g/mol. The number of hydrogen-bond acceptors (Lipinski definition) is 3. The van der Waals surface area contributed by atoms with Crippen LogP contribution in [0.1, 0.15) is 0 Å². The van der Waals surface area contributed by atoms with Crippen molar-refractivity contribution < 1.29 is 18.8 Å². The number of benzene rings is 2. The van der Waals surface area contributed by atoms with E-state index in [1.54, 1.807) is 0 Å². The molecule has 0 amide bonds. The molecule has 0 unspecified atom stereocenters. The lowest BCUT2D eigenvalue weighted by Gasteiger charge is -2.07. The molecular formula is C12H9BF2O2S. The minimum absolute atomic E-state index is 0.362. The molecule has 0 aromatic heterocycles. The Kier molecular flexibility index (Phi) is 4.01. The second-order valence-electron chi connectivity index (χ2n) is 3.59. The van der Waals surface area contributed by atoms with Crippen molar-refractivity contribution in [3.8, 4) is 0 Å². The van der Waals surface area contributed by atoms with Gasteiger partial charge in [0, 0.05) is 9.79 Å². The van der Waals surface area contributed by atoms with Crippen molar-refractivity contribution in [2.45, 2.75) is 9.79 Å². The summed E-state index contributed by atoms with van der Waals surface area (Å²) in [4.78, 5) is 1.20. The lowest BCUT2D eigenvalue weighted by Crippen LogP contribution is -2.35. The quantitative estimate of drug-likeness (QED) is 0.832. The first-order chi connectivity index (χ1) is 8.58. The van der Waals surface area contributed by atoms with Gasteiger partial charge in [0.15, 0.2) is 0 Å². The smallest absolute Gasteiger partial charge is 0.423 e. The Morgan fingerprint density at radius 1 is 0.889 bits per heavy atom. The first-order valence-corrected chi connectivity index (χ1v) is 5.97. The zero-order chi connectivity index (χ0) is 13.1. The highest BCUT2D eigenvalue weighted by atomic mass is 32.2. The van der Waals surface area contributed by atoms with Gasteiger partial charge in [-0.1, -0.05) is 30.0 Å². The molecule has 2 nitrogen and oxygen atoms in total. The fourth-order valence-corrected chi connectivity index (χ4v) is 2.38.